The predicted octanol–water partition coefficient (Wildman–Crippen LogP) is 6.71. The van der Waals surface area contributed by atoms with Crippen LogP contribution in [0.2, 0.25) is 5.02 Å². The molecule has 3 aliphatic heterocycles. The number of ether oxygens (including phenoxy) is 1. The molecular weight excluding hydrogens is 584 g/mol. The molecule has 43 heavy (non-hydrogen) atoms. The van der Waals surface area contributed by atoms with Crippen molar-refractivity contribution in [2.24, 2.45) is 5.41 Å². The highest BCUT2D eigenvalue weighted by Gasteiger charge is 2.53. The zero-order valence-electron chi connectivity index (χ0n) is 24.2. The number of hydrogen-bond acceptors (Lipinski definition) is 6. The molecule has 3 aromatic rings. The van der Waals surface area contributed by atoms with Gasteiger partial charge in [0.2, 0.25) is 5.88 Å². The fraction of sp³-hybridized carbons (Fsp3) is 0.531. The summed E-state index contributed by atoms with van der Waals surface area (Å²) in [6, 6.07) is 6.11. The Kier molecular flexibility index (Phi) is 6.98. The van der Waals surface area contributed by atoms with E-state index >= 15 is 17.6 Å². The van der Waals surface area contributed by atoms with Crippen LogP contribution in [0.5, 0.6) is 11.6 Å². The van der Waals surface area contributed by atoms with Crippen molar-refractivity contribution in [2.45, 2.75) is 63.0 Å². The zero-order valence-corrected chi connectivity index (χ0v) is 25.0. The summed E-state index contributed by atoms with van der Waals surface area (Å²) in [5.74, 6) is -4.80. The third kappa shape index (κ3) is 5.09. The smallest absolute Gasteiger partial charge is 0.259 e. The van der Waals surface area contributed by atoms with Gasteiger partial charge in [-0.3, -0.25) is 0 Å². The molecule has 6 nitrogen and oxygen atoms in total. The van der Waals surface area contributed by atoms with Crippen LogP contribution < -0.4 is 15.0 Å². The van der Waals surface area contributed by atoms with Crippen LogP contribution in [0.15, 0.2) is 24.3 Å². The van der Waals surface area contributed by atoms with E-state index in [1.807, 2.05) is 4.90 Å². The van der Waals surface area contributed by atoms with Gasteiger partial charge in [-0.15, -0.1) is 0 Å². The van der Waals surface area contributed by atoms with Gasteiger partial charge in [0.05, 0.1) is 16.7 Å². The number of nitrogens with one attached hydrogen (secondary N) is 1. The fourth-order valence-corrected chi connectivity index (χ4v) is 7.60. The van der Waals surface area contributed by atoms with Crippen molar-refractivity contribution in [2.75, 3.05) is 44.7 Å². The second kappa shape index (κ2) is 10.4. The van der Waals surface area contributed by atoms with Gasteiger partial charge in [-0.25, -0.2) is 22.5 Å². The third-order valence-corrected chi connectivity index (χ3v) is 10.0. The number of aromatic nitrogens is 1. The Morgan fingerprint density at radius 1 is 1.09 bits per heavy atom. The quantitative estimate of drug-likeness (QED) is 0.300. The molecule has 0 unspecified atom stereocenters. The molecule has 1 saturated carbocycles. The molecule has 4 aliphatic rings. The van der Waals surface area contributed by atoms with E-state index in [0.717, 1.165) is 25.7 Å². The van der Waals surface area contributed by atoms with Crippen LogP contribution >= 0.6 is 11.6 Å². The number of anilines is 1. The first-order valence-corrected chi connectivity index (χ1v) is 15.4. The van der Waals surface area contributed by atoms with Crippen molar-refractivity contribution < 1.29 is 27.4 Å². The average molecular weight is 619 g/mol. The summed E-state index contributed by atoms with van der Waals surface area (Å²) in [5.41, 5.74) is -0.577. The molecule has 2 N–H and O–H groups in total. The molecule has 2 aromatic carbocycles. The Balaban J connectivity index is 1.36. The normalized spacial score (nSPS) is 27.2. The Morgan fingerprint density at radius 3 is 2.51 bits per heavy atom. The van der Waals surface area contributed by atoms with E-state index < -0.39 is 23.0 Å². The lowest BCUT2D eigenvalue weighted by Crippen LogP contribution is -2.55. The summed E-state index contributed by atoms with van der Waals surface area (Å²) < 4.78 is 68.9. The number of alkyl halides is 2. The predicted molar refractivity (Wildman–Crippen MR) is 159 cm³/mol. The molecule has 2 bridgehead atoms. The van der Waals surface area contributed by atoms with Gasteiger partial charge >= 0.3 is 0 Å². The number of piperidine rings is 1. The maximum Gasteiger partial charge on any atom is 0.259 e. The number of nitrogens with zero attached hydrogens (tertiary/aromatic N) is 3. The molecule has 11 heteroatoms. The number of fused-ring (bicyclic) bond motifs is 3. The molecule has 3 saturated heterocycles. The first-order chi connectivity index (χ1) is 20.4. The van der Waals surface area contributed by atoms with Crippen LogP contribution in [-0.4, -0.2) is 72.8 Å². The number of aromatic hydroxyl groups is 1. The molecule has 1 aromatic heterocycles. The summed E-state index contributed by atoms with van der Waals surface area (Å²) in [6.07, 6.45) is 3.39. The number of phenolic OH excluding ortho intramolecular Hbond substituents is 1. The number of likely N-dealkylation sites (tertiary alicyclic amines) is 1. The monoisotopic (exact) mass is 618 g/mol. The van der Waals surface area contributed by atoms with Gasteiger partial charge in [0.1, 0.15) is 23.7 Å². The second-order valence-electron chi connectivity index (χ2n) is 13.2. The molecule has 1 aliphatic carbocycles. The number of phenols is 1. The van der Waals surface area contributed by atoms with Crippen LogP contribution in [0.4, 0.5) is 23.2 Å². The van der Waals surface area contributed by atoms with Crippen molar-refractivity contribution >= 4 is 28.2 Å². The first-order valence-electron chi connectivity index (χ1n) is 15.0. The van der Waals surface area contributed by atoms with E-state index in [0.29, 0.717) is 24.3 Å². The molecule has 3 atom stereocenters. The number of piperazine rings is 1. The lowest BCUT2D eigenvalue weighted by molar-refractivity contribution is -0.168. The maximum atomic E-state index is 16.6. The fourth-order valence-electron chi connectivity index (χ4n) is 7.23. The van der Waals surface area contributed by atoms with E-state index in [1.54, 1.807) is 13.1 Å². The van der Waals surface area contributed by atoms with Crippen LogP contribution in [0.1, 0.15) is 50.5 Å². The van der Waals surface area contributed by atoms with Gasteiger partial charge < -0.3 is 25.0 Å². The average Bonchev–Trinajstić information content (AvgIpc) is 3.72. The molecule has 0 amide bonds. The number of pyridine rings is 1. The highest BCUT2D eigenvalue weighted by Crippen LogP contribution is 2.51. The zero-order chi connectivity index (χ0) is 30.3. The lowest BCUT2D eigenvalue weighted by atomic mass is 9.79. The minimum Gasteiger partial charge on any atom is -0.508 e. The van der Waals surface area contributed by atoms with Crippen molar-refractivity contribution in [3.63, 3.8) is 0 Å². The Morgan fingerprint density at radius 2 is 1.81 bits per heavy atom. The summed E-state index contributed by atoms with van der Waals surface area (Å²) in [5, 5.41) is 14.4. The van der Waals surface area contributed by atoms with E-state index in [-0.39, 0.29) is 82.8 Å². The first kappa shape index (κ1) is 28.9. The molecule has 0 radical (unpaired) electrons. The van der Waals surface area contributed by atoms with Gasteiger partial charge in [0.25, 0.3) is 5.92 Å². The van der Waals surface area contributed by atoms with Crippen molar-refractivity contribution in [1.29, 1.82) is 0 Å². The van der Waals surface area contributed by atoms with Gasteiger partial charge in [0.15, 0.2) is 5.82 Å². The molecule has 0 spiro atoms. The lowest BCUT2D eigenvalue weighted by Gasteiger charge is -2.44. The van der Waals surface area contributed by atoms with Gasteiger partial charge in [-0.05, 0) is 74.9 Å². The van der Waals surface area contributed by atoms with Crippen LogP contribution in [0.3, 0.4) is 0 Å². The maximum absolute atomic E-state index is 16.6. The molecule has 230 valence electrons. The minimum atomic E-state index is -2.95. The van der Waals surface area contributed by atoms with Crippen LogP contribution in [0.25, 0.3) is 22.0 Å². The summed E-state index contributed by atoms with van der Waals surface area (Å²) >= 11 is 6.47. The van der Waals surface area contributed by atoms with E-state index in [1.165, 1.54) is 25.1 Å². The number of benzene rings is 2. The molecular formula is C32H35ClF4N4O2. The van der Waals surface area contributed by atoms with Gasteiger partial charge in [-0.1, -0.05) is 11.6 Å². The van der Waals surface area contributed by atoms with Crippen molar-refractivity contribution in [1.82, 2.24) is 15.2 Å². The topological polar surface area (TPSA) is 60.9 Å². The van der Waals surface area contributed by atoms with Gasteiger partial charge in [-0.2, -0.15) is 0 Å². The highest BCUT2D eigenvalue weighted by atomic mass is 35.5. The summed E-state index contributed by atoms with van der Waals surface area (Å²) in [4.78, 5) is 8.40. The Hall–Kier alpha value is -2.82. The second-order valence-corrected chi connectivity index (χ2v) is 13.6. The summed E-state index contributed by atoms with van der Waals surface area (Å²) in [7, 11) is 1.80. The SMILES string of the molecule is CN1CCC(F)(F)[C@](C)(COc2cc(N3C[C@H]4CC[C@@H](C3)N4)c3cc(F)c(-c4cc(O)cc(Cl)c4C4CC4)c(F)c3n2)C1. The standard InChI is InChI=1S/C32H35ClF4N4O2/c1-31(15-40(2)8-7-32(31,36)37)16-43-26-12-25(41-13-18-5-6-19(14-41)38-18)21-11-24(34)28(29(35)30(21)39-26)22-9-20(42)10-23(33)27(22)17-3-4-17/h9-12,17-19,38,42H,3-8,13-16H2,1-2H3/t18-,19+,31-/m0/s1. The molecule has 7 rings (SSSR count). The van der Waals surface area contributed by atoms with E-state index in [4.69, 9.17) is 16.3 Å². The number of halogens is 5. The van der Waals surface area contributed by atoms with Crippen LogP contribution in [0, 0.1) is 17.0 Å². The van der Waals surface area contributed by atoms with Crippen molar-refractivity contribution in [3.05, 3.63) is 46.5 Å². The molecule has 4 fully saturated rings. The Labute approximate surface area is 253 Å². The van der Waals surface area contributed by atoms with Crippen LogP contribution in [-0.2, 0) is 0 Å². The van der Waals surface area contributed by atoms with E-state index in [9.17, 15) is 5.11 Å². The largest absolute Gasteiger partial charge is 0.508 e. The highest BCUT2D eigenvalue weighted by molar-refractivity contribution is 6.32. The Bertz CT molecular complexity index is 1590. The van der Waals surface area contributed by atoms with Crippen molar-refractivity contribution in [3.8, 4) is 22.8 Å². The van der Waals surface area contributed by atoms with Gasteiger partial charge in [0, 0.05) is 61.2 Å². The number of rotatable bonds is 6. The summed E-state index contributed by atoms with van der Waals surface area (Å²) in [6.45, 7) is 2.86. The van der Waals surface area contributed by atoms with E-state index in [2.05, 4.69) is 15.2 Å². The molecule has 4 heterocycles. The third-order valence-electron chi connectivity index (χ3n) is 9.73. The number of hydrogen-bond donors (Lipinski definition) is 2. The minimum absolute atomic E-state index is 0.00597.